The lowest BCUT2D eigenvalue weighted by Crippen LogP contribution is -2.27. The molecule has 0 aliphatic rings. The van der Waals surface area contributed by atoms with Gasteiger partial charge in [-0.05, 0) is 56.1 Å². The molecule has 0 amide bonds. The largest absolute Gasteiger partial charge is 0.573 e. The predicted molar refractivity (Wildman–Crippen MR) is 96.1 cm³/mol. The van der Waals surface area contributed by atoms with E-state index in [1.165, 1.54) is 36.4 Å². The van der Waals surface area contributed by atoms with Gasteiger partial charge in [-0.15, -0.1) is 13.2 Å². The molecule has 0 radical (unpaired) electrons. The van der Waals surface area contributed by atoms with Crippen LogP contribution in [0, 0.1) is 5.82 Å². The fraction of sp³-hybridized carbons (Fsp3) is 0.278. The van der Waals surface area contributed by atoms with E-state index < -0.39 is 6.36 Å². The molecule has 0 saturated carbocycles. The average Bonchev–Trinajstić information content (AvgIpc) is 2.55. The van der Waals surface area contributed by atoms with Crippen molar-refractivity contribution in [1.82, 2.24) is 4.90 Å². The van der Waals surface area contributed by atoms with Gasteiger partial charge in [0.25, 0.3) is 0 Å². The number of likely N-dealkylation sites (N-methyl/N-ethyl adjacent to an activating group) is 1. The van der Waals surface area contributed by atoms with Crippen molar-refractivity contribution in [2.75, 3.05) is 26.0 Å². The minimum Gasteiger partial charge on any atom is -0.406 e. The Labute approximate surface area is 154 Å². The van der Waals surface area contributed by atoms with Gasteiger partial charge in [0.1, 0.15) is 11.6 Å². The summed E-state index contributed by atoms with van der Waals surface area (Å²) < 4.78 is 53.7. The first kappa shape index (κ1) is 20.5. The normalized spacial score (nSPS) is 13.5. The molecule has 1 atom stereocenters. The lowest BCUT2D eigenvalue weighted by atomic mass is 10.1. The van der Waals surface area contributed by atoms with Crippen LogP contribution in [0.5, 0.6) is 5.75 Å². The van der Waals surface area contributed by atoms with Crippen molar-refractivity contribution in [2.24, 2.45) is 10.7 Å². The highest BCUT2D eigenvalue weighted by atomic mass is 19.4. The molecule has 146 valence electrons. The van der Waals surface area contributed by atoms with Crippen LogP contribution in [-0.4, -0.2) is 37.9 Å². The standard InChI is InChI=1S/C18H20F4N4O/c1-26(2)16(12-4-3-5-13(19)10-12)11-24-17(23)25-14-6-8-15(9-7-14)27-18(20,21)22/h3-10,16H,11H2,1-2H3,(H3,23,24,25). The number of halogens is 4. The van der Waals surface area contributed by atoms with Gasteiger partial charge in [0.15, 0.2) is 5.96 Å². The smallest absolute Gasteiger partial charge is 0.406 e. The van der Waals surface area contributed by atoms with Crippen LogP contribution in [0.3, 0.4) is 0 Å². The van der Waals surface area contributed by atoms with Crippen LogP contribution in [0.2, 0.25) is 0 Å². The summed E-state index contributed by atoms with van der Waals surface area (Å²) in [6.07, 6.45) is -4.74. The first-order valence-electron chi connectivity index (χ1n) is 7.98. The lowest BCUT2D eigenvalue weighted by Gasteiger charge is -2.23. The zero-order valence-electron chi connectivity index (χ0n) is 14.8. The Kier molecular flexibility index (Phi) is 6.62. The van der Waals surface area contributed by atoms with Crippen LogP contribution in [0.25, 0.3) is 0 Å². The topological polar surface area (TPSA) is 62.9 Å². The molecule has 0 aliphatic heterocycles. The number of nitrogens with one attached hydrogen (secondary N) is 1. The molecule has 0 bridgehead atoms. The van der Waals surface area contributed by atoms with Crippen molar-refractivity contribution in [3.8, 4) is 5.75 Å². The molecular formula is C18H20F4N4O. The molecule has 5 nitrogen and oxygen atoms in total. The number of nitrogens with zero attached hydrogens (tertiary/aromatic N) is 2. The van der Waals surface area contributed by atoms with Gasteiger partial charge in [-0.2, -0.15) is 0 Å². The molecule has 0 spiro atoms. The predicted octanol–water partition coefficient (Wildman–Crippen LogP) is 3.75. The molecule has 0 aliphatic carbocycles. The fourth-order valence-electron chi connectivity index (χ4n) is 2.39. The van der Waals surface area contributed by atoms with Crippen molar-refractivity contribution in [2.45, 2.75) is 12.4 Å². The molecule has 0 heterocycles. The van der Waals surface area contributed by atoms with Crippen LogP contribution >= 0.6 is 0 Å². The van der Waals surface area contributed by atoms with Crippen molar-refractivity contribution < 1.29 is 22.3 Å². The van der Waals surface area contributed by atoms with Crippen LogP contribution < -0.4 is 15.8 Å². The molecule has 9 heteroatoms. The Balaban J connectivity index is 2.01. The number of anilines is 1. The number of aliphatic imine (C=N–C) groups is 1. The van der Waals surface area contributed by atoms with E-state index in [1.807, 2.05) is 19.0 Å². The van der Waals surface area contributed by atoms with Crippen molar-refractivity contribution in [3.63, 3.8) is 0 Å². The lowest BCUT2D eigenvalue weighted by molar-refractivity contribution is -0.274. The van der Waals surface area contributed by atoms with Gasteiger partial charge in [-0.3, -0.25) is 4.99 Å². The third kappa shape index (κ3) is 6.78. The zero-order valence-corrected chi connectivity index (χ0v) is 14.8. The highest BCUT2D eigenvalue weighted by Crippen LogP contribution is 2.24. The van der Waals surface area contributed by atoms with Gasteiger partial charge in [0, 0.05) is 5.69 Å². The minimum absolute atomic E-state index is 0.0859. The van der Waals surface area contributed by atoms with E-state index in [1.54, 1.807) is 12.1 Å². The number of alkyl halides is 3. The van der Waals surface area contributed by atoms with E-state index in [9.17, 15) is 17.6 Å². The summed E-state index contributed by atoms with van der Waals surface area (Å²) in [5, 5.41) is 2.79. The highest BCUT2D eigenvalue weighted by Gasteiger charge is 2.30. The number of hydrogen-bond donors (Lipinski definition) is 2. The maximum Gasteiger partial charge on any atom is 0.573 e. The molecular weight excluding hydrogens is 364 g/mol. The number of ether oxygens (including phenoxy) is 1. The summed E-state index contributed by atoms with van der Waals surface area (Å²) in [7, 11) is 3.68. The number of nitrogens with two attached hydrogens (primary N) is 1. The zero-order chi connectivity index (χ0) is 20.0. The second kappa shape index (κ2) is 8.72. The average molecular weight is 384 g/mol. The van der Waals surface area contributed by atoms with Gasteiger partial charge in [-0.1, -0.05) is 12.1 Å². The molecule has 2 aromatic carbocycles. The summed E-state index contributed by atoms with van der Waals surface area (Å²) in [5.74, 6) is -0.583. The molecule has 27 heavy (non-hydrogen) atoms. The van der Waals surface area contributed by atoms with E-state index in [0.29, 0.717) is 5.69 Å². The van der Waals surface area contributed by atoms with Crippen LogP contribution in [-0.2, 0) is 0 Å². The first-order chi connectivity index (χ1) is 12.6. The molecule has 0 aromatic heterocycles. The number of guanidine groups is 1. The summed E-state index contributed by atoms with van der Waals surface area (Å²) in [4.78, 5) is 6.12. The summed E-state index contributed by atoms with van der Waals surface area (Å²) >= 11 is 0. The SMILES string of the molecule is CN(C)C(CN=C(N)Nc1ccc(OC(F)(F)F)cc1)c1cccc(F)c1. The van der Waals surface area contributed by atoms with Crippen molar-refractivity contribution in [3.05, 3.63) is 59.9 Å². The van der Waals surface area contributed by atoms with Crippen molar-refractivity contribution >= 4 is 11.6 Å². The van der Waals surface area contributed by atoms with Crippen molar-refractivity contribution in [1.29, 1.82) is 0 Å². The molecule has 2 rings (SSSR count). The van der Waals surface area contributed by atoms with Gasteiger partial charge in [-0.25, -0.2) is 4.39 Å². The summed E-state index contributed by atoms with van der Waals surface area (Å²) in [6.45, 7) is 0.268. The van der Waals surface area contributed by atoms with E-state index in [2.05, 4.69) is 15.0 Å². The third-order valence-electron chi connectivity index (χ3n) is 3.65. The maximum atomic E-state index is 13.4. The van der Waals surface area contributed by atoms with Gasteiger partial charge >= 0.3 is 6.36 Å². The second-order valence-electron chi connectivity index (χ2n) is 5.96. The van der Waals surface area contributed by atoms with Crippen LogP contribution in [0.4, 0.5) is 23.2 Å². The van der Waals surface area contributed by atoms with Crippen LogP contribution in [0.15, 0.2) is 53.5 Å². The Morgan fingerprint density at radius 2 is 1.85 bits per heavy atom. The quantitative estimate of drug-likeness (QED) is 0.452. The van der Waals surface area contributed by atoms with Gasteiger partial charge in [0.05, 0.1) is 12.6 Å². The number of rotatable bonds is 6. The van der Waals surface area contributed by atoms with E-state index in [-0.39, 0.29) is 30.1 Å². The van der Waals surface area contributed by atoms with Gasteiger partial charge < -0.3 is 20.7 Å². The van der Waals surface area contributed by atoms with E-state index in [4.69, 9.17) is 5.73 Å². The Morgan fingerprint density at radius 1 is 1.19 bits per heavy atom. The van der Waals surface area contributed by atoms with E-state index >= 15 is 0 Å². The molecule has 0 fully saturated rings. The Morgan fingerprint density at radius 3 is 2.41 bits per heavy atom. The van der Waals surface area contributed by atoms with Gasteiger partial charge in [0.2, 0.25) is 0 Å². The number of benzene rings is 2. The maximum absolute atomic E-state index is 13.4. The molecule has 0 saturated heterocycles. The molecule has 1 unspecified atom stereocenters. The minimum atomic E-state index is -4.74. The first-order valence-corrected chi connectivity index (χ1v) is 7.98. The third-order valence-corrected chi connectivity index (χ3v) is 3.65. The summed E-state index contributed by atoms with van der Waals surface area (Å²) in [6, 6.07) is 11.1. The fourth-order valence-corrected chi connectivity index (χ4v) is 2.39. The Hall–Kier alpha value is -2.81. The highest BCUT2D eigenvalue weighted by molar-refractivity contribution is 5.92. The number of hydrogen-bond acceptors (Lipinski definition) is 3. The summed E-state index contributed by atoms with van der Waals surface area (Å²) in [5.41, 5.74) is 7.05. The monoisotopic (exact) mass is 384 g/mol. The Bertz CT molecular complexity index is 776. The second-order valence-corrected chi connectivity index (χ2v) is 5.96. The van der Waals surface area contributed by atoms with E-state index in [0.717, 1.165) is 5.56 Å². The molecule has 3 N–H and O–H groups in total. The molecule has 2 aromatic rings. The van der Waals surface area contributed by atoms with Crippen LogP contribution in [0.1, 0.15) is 11.6 Å².